The smallest absolute Gasteiger partial charge is 0.123 e. The minimum atomic E-state index is -0.693. The molecule has 0 fully saturated rings. The molecule has 0 aromatic heterocycles. The van der Waals surface area contributed by atoms with E-state index < -0.39 is 6.10 Å². The van der Waals surface area contributed by atoms with Crippen LogP contribution in [0.15, 0.2) is 36.9 Å². The van der Waals surface area contributed by atoms with Gasteiger partial charge >= 0.3 is 0 Å². The van der Waals surface area contributed by atoms with E-state index in [2.05, 4.69) is 6.58 Å². The van der Waals surface area contributed by atoms with Crippen LogP contribution in [0.4, 0.5) is 4.39 Å². The van der Waals surface area contributed by atoms with Crippen molar-refractivity contribution in [2.75, 3.05) is 26.2 Å². The van der Waals surface area contributed by atoms with Gasteiger partial charge in [-0.2, -0.15) is 0 Å². The van der Waals surface area contributed by atoms with Gasteiger partial charge in [0.2, 0.25) is 0 Å². The number of hydrogen-bond donors (Lipinski definition) is 2. The van der Waals surface area contributed by atoms with Crippen molar-refractivity contribution in [3.05, 3.63) is 48.3 Å². The van der Waals surface area contributed by atoms with Crippen molar-refractivity contribution in [1.29, 1.82) is 0 Å². The number of benzene rings is 1. The van der Waals surface area contributed by atoms with Crippen LogP contribution in [-0.2, 0) is 0 Å². The minimum Gasteiger partial charge on any atom is -0.395 e. The van der Waals surface area contributed by atoms with Gasteiger partial charge in [-0.25, -0.2) is 4.39 Å². The number of aliphatic hydroxyl groups is 2. The van der Waals surface area contributed by atoms with E-state index in [0.717, 1.165) is 0 Å². The van der Waals surface area contributed by atoms with E-state index in [0.29, 0.717) is 25.2 Å². The highest BCUT2D eigenvalue weighted by molar-refractivity contribution is 5.18. The Balaban J connectivity index is 2.59. The molecule has 1 unspecified atom stereocenters. The zero-order chi connectivity index (χ0) is 12.7. The second-order valence-electron chi connectivity index (χ2n) is 3.84. The van der Waals surface area contributed by atoms with Crippen molar-refractivity contribution < 1.29 is 14.6 Å². The van der Waals surface area contributed by atoms with Crippen LogP contribution in [0, 0.1) is 5.82 Å². The van der Waals surface area contributed by atoms with Crippen molar-refractivity contribution in [2.24, 2.45) is 0 Å². The van der Waals surface area contributed by atoms with Gasteiger partial charge in [0.1, 0.15) is 5.82 Å². The lowest BCUT2D eigenvalue weighted by molar-refractivity contribution is 0.107. The molecule has 1 aromatic carbocycles. The topological polar surface area (TPSA) is 43.7 Å². The summed E-state index contributed by atoms with van der Waals surface area (Å²) in [5, 5.41) is 18.8. The molecular formula is C13H18FNO2. The Morgan fingerprint density at radius 1 is 1.35 bits per heavy atom. The molecule has 0 aliphatic rings. The molecule has 1 atom stereocenters. The van der Waals surface area contributed by atoms with E-state index in [9.17, 15) is 9.50 Å². The molecule has 17 heavy (non-hydrogen) atoms. The summed E-state index contributed by atoms with van der Waals surface area (Å²) in [5.41, 5.74) is 0.665. The fourth-order valence-corrected chi connectivity index (χ4v) is 1.62. The molecule has 4 heteroatoms. The van der Waals surface area contributed by atoms with Crippen molar-refractivity contribution in [2.45, 2.75) is 6.10 Å². The van der Waals surface area contributed by atoms with E-state index in [1.165, 1.54) is 12.1 Å². The molecule has 0 heterocycles. The number of halogens is 1. The molecule has 1 rings (SSSR count). The number of rotatable bonds is 7. The zero-order valence-electron chi connectivity index (χ0n) is 9.72. The second-order valence-corrected chi connectivity index (χ2v) is 3.84. The van der Waals surface area contributed by atoms with Crippen LogP contribution < -0.4 is 0 Å². The molecule has 0 amide bonds. The van der Waals surface area contributed by atoms with Gasteiger partial charge in [-0.15, -0.1) is 6.58 Å². The maximum absolute atomic E-state index is 12.7. The molecule has 1 aromatic rings. The Hall–Kier alpha value is -1.23. The summed E-state index contributed by atoms with van der Waals surface area (Å²) in [6.45, 7) is 5.11. The molecule has 0 saturated heterocycles. The molecular weight excluding hydrogens is 221 g/mol. The Bertz CT molecular complexity index is 340. The van der Waals surface area contributed by atoms with Gasteiger partial charge in [0.25, 0.3) is 0 Å². The van der Waals surface area contributed by atoms with Gasteiger partial charge in [0.15, 0.2) is 0 Å². The van der Waals surface area contributed by atoms with E-state index >= 15 is 0 Å². The quantitative estimate of drug-likeness (QED) is 0.706. The third-order valence-corrected chi connectivity index (χ3v) is 2.49. The van der Waals surface area contributed by atoms with Crippen LogP contribution in [0.1, 0.15) is 11.7 Å². The standard InChI is InChI=1S/C13H18FNO2/c1-2-7-15(8-9-16)10-13(17)11-3-5-12(14)6-4-11/h2-6,13,16-17H,1,7-10H2. The minimum absolute atomic E-state index is 0.0317. The maximum atomic E-state index is 12.7. The van der Waals surface area contributed by atoms with Crippen LogP contribution >= 0.6 is 0 Å². The van der Waals surface area contributed by atoms with E-state index in [1.807, 2.05) is 4.90 Å². The first-order valence-electron chi connectivity index (χ1n) is 5.55. The fraction of sp³-hybridized carbons (Fsp3) is 0.385. The summed E-state index contributed by atoms with van der Waals surface area (Å²) in [6.07, 6.45) is 1.02. The highest BCUT2D eigenvalue weighted by Gasteiger charge is 2.12. The van der Waals surface area contributed by atoms with Crippen LogP contribution in [-0.4, -0.2) is 41.4 Å². The molecule has 0 saturated carbocycles. The third kappa shape index (κ3) is 4.65. The molecule has 94 valence electrons. The normalized spacial score (nSPS) is 12.7. The highest BCUT2D eigenvalue weighted by atomic mass is 19.1. The molecule has 2 N–H and O–H groups in total. The average molecular weight is 239 g/mol. The number of nitrogens with zero attached hydrogens (tertiary/aromatic N) is 1. The average Bonchev–Trinajstić information content (AvgIpc) is 2.30. The predicted molar refractivity (Wildman–Crippen MR) is 65.1 cm³/mol. The van der Waals surface area contributed by atoms with Gasteiger partial charge in [-0.05, 0) is 17.7 Å². The van der Waals surface area contributed by atoms with Crippen LogP contribution in [0.2, 0.25) is 0 Å². The summed E-state index contributed by atoms with van der Waals surface area (Å²) in [6, 6.07) is 5.76. The monoisotopic (exact) mass is 239 g/mol. The Kier molecular flexibility index (Phi) is 5.83. The predicted octanol–water partition coefficient (Wildman–Crippen LogP) is 1.34. The lowest BCUT2D eigenvalue weighted by Crippen LogP contribution is -2.31. The highest BCUT2D eigenvalue weighted by Crippen LogP contribution is 2.14. The van der Waals surface area contributed by atoms with Crippen molar-refractivity contribution >= 4 is 0 Å². The lowest BCUT2D eigenvalue weighted by Gasteiger charge is -2.23. The van der Waals surface area contributed by atoms with Crippen molar-refractivity contribution in [3.8, 4) is 0 Å². The largest absolute Gasteiger partial charge is 0.395 e. The van der Waals surface area contributed by atoms with Gasteiger partial charge in [0.05, 0.1) is 12.7 Å². The summed E-state index contributed by atoms with van der Waals surface area (Å²) < 4.78 is 12.7. The Morgan fingerprint density at radius 3 is 2.53 bits per heavy atom. The van der Waals surface area contributed by atoms with Crippen LogP contribution in [0.5, 0.6) is 0 Å². The van der Waals surface area contributed by atoms with E-state index in [-0.39, 0.29) is 12.4 Å². The molecule has 0 spiro atoms. The van der Waals surface area contributed by atoms with E-state index in [4.69, 9.17) is 5.11 Å². The van der Waals surface area contributed by atoms with Gasteiger partial charge in [0, 0.05) is 19.6 Å². The van der Waals surface area contributed by atoms with Gasteiger partial charge < -0.3 is 10.2 Å². The van der Waals surface area contributed by atoms with Crippen molar-refractivity contribution in [1.82, 2.24) is 4.90 Å². The summed E-state index contributed by atoms with van der Waals surface area (Å²) >= 11 is 0. The molecule has 0 bridgehead atoms. The second kappa shape index (κ2) is 7.17. The third-order valence-electron chi connectivity index (χ3n) is 2.49. The first-order chi connectivity index (χ1) is 8.17. The fourth-order valence-electron chi connectivity index (χ4n) is 1.62. The summed E-state index contributed by atoms with van der Waals surface area (Å²) in [4.78, 5) is 1.88. The summed E-state index contributed by atoms with van der Waals surface area (Å²) in [5.74, 6) is -0.320. The van der Waals surface area contributed by atoms with E-state index in [1.54, 1.807) is 18.2 Å². The van der Waals surface area contributed by atoms with Crippen molar-refractivity contribution in [3.63, 3.8) is 0 Å². The molecule has 0 aliphatic carbocycles. The number of aliphatic hydroxyl groups excluding tert-OH is 2. The molecule has 3 nitrogen and oxygen atoms in total. The first kappa shape index (κ1) is 13.8. The van der Waals surface area contributed by atoms with Crippen LogP contribution in [0.3, 0.4) is 0 Å². The molecule has 0 aliphatic heterocycles. The Labute approximate surface area is 101 Å². The Morgan fingerprint density at radius 2 is 2.00 bits per heavy atom. The zero-order valence-corrected chi connectivity index (χ0v) is 9.72. The van der Waals surface area contributed by atoms with Gasteiger partial charge in [-0.3, -0.25) is 4.90 Å². The van der Waals surface area contributed by atoms with Crippen LogP contribution in [0.25, 0.3) is 0 Å². The summed E-state index contributed by atoms with van der Waals surface area (Å²) in [7, 11) is 0. The first-order valence-corrected chi connectivity index (χ1v) is 5.55. The SMILES string of the molecule is C=CCN(CCO)CC(O)c1ccc(F)cc1. The lowest BCUT2D eigenvalue weighted by atomic mass is 10.1. The maximum Gasteiger partial charge on any atom is 0.123 e. The number of hydrogen-bond acceptors (Lipinski definition) is 3. The molecule has 0 radical (unpaired) electrons. The van der Waals surface area contributed by atoms with Gasteiger partial charge in [-0.1, -0.05) is 18.2 Å².